The van der Waals surface area contributed by atoms with Crippen molar-refractivity contribution in [1.29, 1.82) is 0 Å². The highest BCUT2D eigenvalue weighted by Gasteiger charge is 2.71. The normalized spacial score (nSPS) is 30.6. The minimum absolute atomic E-state index is 0.231. The van der Waals surface area contributed by atoms with Gasteiger partial charge in [0.1, 0.15) is 0 Å². The van der Waals surface area contributed by atoms with E-state index in [-0.39, 0.29) is 5.28 Å². The summed E-state index contributed by atoms with van der Waals surface area (Å²) in [4.78, 5) is 13.3. The Morgan fingerprint density at radius 2 is 1.38 bits per heavy atom. The maximum Gasteiger partial charge on any atom is 0.226 e. The summed E-state index contributed by atoms with van der Waals surface area (Å²) in [5, 5.41) is 0.231. The van der Waals surface area contributed by atoms with Gasteiger partial charge in [-0.05, 0) is 59.6 Å². The molecule has 0 bridgehead atoms. The van der Waals surface area contributed by atoms with Crippen molar-refractivity contribution in [2.75, 3.05) is 0 Å². The molecule has 3 aliphatic rings. The zero-order valence-electron chi connectivity index (χ0n) is 14.3. The van der Waals surface area contributed by atoms with Gasteiger partial charge in [0, 0.05) is 11.1 Å². The lowest BCUT2D eigenvalue weighted by molar-refractivity contribution is -0.219. The fraction of sp³-hybridized carbons (Fsp3) is 0.318. The highest BCUT2D eigenvalue weighted by molar-refractivity contribution is 6.28. The molecule has 0 N–H and O–H groups in total. The number of halogens is 1. The third-order valence-electron chi connectivity index (χ3n) is 6.87. The largest absolute Gasteiger partial charge is 0.226 e. The van der Waals surface area contributed by atoms with E-state index in [0.717, 1.165) is 28.9 Å². The predicted molar refractivity (Wildman–Crippen MR) is 102 cm³/mol. The zero-order valence-corrected chi connectivity index (χ0v) is 15.0. The van der Waals surface area contributed by atoms with Crippen molar-refractivity contribution < 1.29 is 0 Å². The quantitative estimate of drug-likeness (QED) is 0.648. The maximum absolute atomic E-state index is 6.17. The van der Waals surface area contributed by atoms with E-state index in [0.29, 0.717) is 17.1 Å². The molecule has 3 nitrogen and oxygen atoms in total. The third-order valence-corrected chi connectivity index (χ3v) is 7.04. The summed E-state index contributed by atoms with van der Waals surface area (Å²) < 4.78 is 0. The van der Waals surface area contributed by atoms with Gasteiger partial charge in [0.05, 0.1) is 0 Å². The first-order valence-electron chi connectivity index (χ1n) is 9.31. The third kappa shape index (κ3) is 1.92. The van der Waals surface area contributed by atoms with Crippen LogP contribution in [0.2, 0.25) is 5.28 Å². The number of nitrogens with zero attached hydrogens (tertiary/aromatic N) is 3. The molecular weight excluding hydrogens is 342 g/mol. The average molecular weight is 360 g/mol. The number of rotatable bonds is 3. The summed E-state index contributed by atoms with van der Waals surface area (Å²) >= 11 is 6.17. The summed E-state index contributed by atoms with van der Waals surface area (Å²) in [6, 6.07) is 18.7. The van der Waals surface area contributed by atoms with E-state index in [9.17, 15) is 0 Å². The van der Waals surface area contributed by atoms with Crippen LogP contribution in [0.1, 0.15) is 24.8 Å². The van der Waals surface area contributed by atoms with E-state index in [1.54, 1.807) is 0 Å². The molecule has 26 heavy (non-hydrogen) atoms. The van der Waals surface area contributed by atoms with Crippen LogP contribution in [0.5, 0.6) is 0 Å². The van der Waals surface area contributed by atoms with Crippen molar-refractivity contribution in [1.82, 2.24) is 15.0 Å². The molecule has 0 radical (unpaired) electrons. The fourth-order valence-corrected chi connectivity index (χ4v) is 5.90. The second kappa shape index (κ2) is 5.14. The first kappa shape index (κ1) is 14.9. The van der Waals surface area contributed by atoms with Gasteiger partial charge in [-0.15, -0.1) is 0 Å². The number of hydrogen-bond donors (Lipinski definition) is 0. The molecule has 0 amide bonds. The van der Waals surface area contributed by atoms with Gasteiger partial charge in [0.25, 0.3) is 0 Å². The van der Waals surface area contributed by atoms with E-state index in [4.69, 9.17) is 11.6 Å². The smallest absolute Gasteiger partial charge is 0.208 e. The summed E-state index contributed by atoms with van der Waals surface area (Å²) in [6.07, 6.45) is 4.27. The lowest BCUT2D eigenvalue weighted by atomic mass is 9.28. The number of hydrogen-bond acceptors (Lipinski definition) is 3. The number of benzene rings is 2. The molecule has 128 valence electrons. The molecule has 0 aliphatic heterocycles. The van der Waals surface area contributed by atoms with Crippen molar-refractivity contribution in [3.8, 4) is 22.8 Å². The van der Waals surface area contributed by atoms with E-state index in [1.165, 1.54) is 24.8 Å². The SMILES string of the molecule is Clc1nc(-c2ccccc2)nc(-c2ccc(C34CC5CC(C3)C54)cc2)n1. The topological polar surface area (TPSA) is 38.7 Å². The van der Waals surface area contributed by atoms with Gasteiger partial charge < -0.3 is 0 Å². The highest BCUT2D eigenvalue weighted by Crippen LogP contribution is 2.77. The summed E-state index contributed by atoms with van der Waals surface area (Å²) in [5.41, 5.74) is 3.94. The van der Waals surface area contributed by atoms with Crippen molar-refractivity contribution >= 4 is 11.6 Å². The van der Waals surface area contributed by atoms with Crippen LogP contribution in [0.3, 0.4) is 0 Å². The van der Waals surface area contributed by atoms with E-state index < -0.39 is 0 Å². The molecule has 6 rings (SSSR count). The van der Waals surface area contributed by atoms with Crippen molar-refractivity contribution in [2.24, 2.45) is 17.8 Å². The predicted octanol–water partition coefficient (Wildman–Crippen LogP) is 5.16. The molecule has 1 heterocycles. The van der Waals surface area contributed by atoms with Crippen LogP contribution in [0.15, 0.2) is 54.6 Å². The van der Waals surface area contributed by atoms with Crippen molar-refractivity contribution in [2.45, 2.75) is 24.7 Å². The Kier molecular flexibility index (Phi) is 2.94. The van der Waals surface area contributed by atoms with E-state index >= 15 is 0 Å². The van der Waals surface area contributed by atoms with Gasteiger partial charge in [-0.2, -0.15) is 9.97 Å². The van der Waals surface area contributed by atoms with E-state index in [2.05, 4.69) is 39.2 Å². The molecule has 2 atom stereocenters. The second-order valence-corrected chi connectivity index (χ2v) is 8.38. The van der Waals surface area contributed by atoms with Gasteiger partial charge in [-0.3, -0.25) is 0 Å². The van der Waals surface area contributed by atoms with Crippen LogP contribution in [-0.4, -0.2) is 15.0 Å². The van der Waals surface area contributed by atoms with Crippen molar-refractivity contribution in [3.63, 3.8) is 0 Å². The Labute approximate surface area is 157 Å². The zero-order chi connectivity index (χ0) is 17.3. The van der Waals surface area contributed by atoms with Crippen LogP contribution in [-0.2, 0) is 5.41 Å². The van der Waals surface area contributed by atoms with Crippen molar-refractivity contribution in [3.05, 3.63) is 65.4 Å². The Bertz CT molecular complexity index is 988. The summed E-state index contributed by atoms with van der Waals surface area (Å²) in [6.45, 7) is 0. The molecule has 0 spiro atoms. The summed E-state index contributed by atoms with van der Waals surface area (Å²) in [5.74, 6) is 4.26. The molecule has 3 aliphatic carbocycles. The van der Waals surface area contributed by atoms with Crippen LogP contribution >= 0.6 is 11.6 Å². The molecular formula is C22H18ClN3. The Morgan fingerprint density at radius 3 is 1.96 bits per heavy atom. The molecule has 3 aromatic rings. The molecule has 1 aromatic heterocycles. The first-order valence-corrected chi connectivity index (χ1v) is 9.69. The minimum atomic E-state index is 0.231. The van der Waals surface area contributed by atoms with Gasteiger partial charge >= 0.3 is 0 Å². The van der Waals surface area contributed by atoms with Crippen LogP contribution < -0.4 is 0 Å². The lowest BCUT2D eigenvalue weighted by Crippen LogP contribution is -2.71. The molecule has 0 saturated heterocycles. The van der Waals surface area contributed by atoms with Gasteiger partial charge in [0.15, 0.2) is 11.6 Å². The van der Waals surface area contributed by atoms with Gasteiger partial charge in [-0.25, -0.2) is 4.98 Å². The molecule has 3 saturated carbocycles. The standard InChI is InChI=1S/C22H18ClN3/c23-21-25-19(13-4-2-1-3-5-13)24-20(26-21)14-6-8-17(9-7-14)22-11-15-10-16(12-22)18(15)22/h1-9,15-16,18H,10-12H2. The maximum atomic E-state index is 6.17. The first-order chi connectivity index (χ1) is 12.7. The Hall–Kier alpha value is -2.26. The van der Waals surface area contributed by atoms with Gasteiger partial charge in [0.2, 0.25) is 5.28 Å². The Morgan fingerprint density at radius 1 is 0.769 bits per heavy atom. The number of aromatic nitrogens is 3. The molecule has 4 heteroatoms. The average Bonchev–Trinajstić information content (AvgIpc) is 2.68. The van der Waals surface area contributed by atoms with Gasteiger partial charge in [-0.1, -0.05) is 54.6 Å². The molecule has 2 aromatic carbocycles. The fourth-order valence-electron chi connectivity index (χ4n) is 5.74. The monoisotopic (exact) mass is 359 g/mol. The van der Waals surface area contributed by atoms with Crippen LogP contribution in [0.4, 0.5) is 0 Å². The highest BCUT2D eigenvalue weighted by atomic mass is 35.5. The van der Waals surface area contributed by atoms with E-state index in [1.807, 2.05) is 30.3 Å². The summed E-state index contributed by atoms with van der Waals surface area (Å²) in [7, 11) is 0. The molecule has 2 unspecified atom stereocenters. The minimum Gasteiger partial charge on any atom is -0.208 e. The van der Waals surface area contributed by atoms with Crippen LogP contribution in [0, 0.1) is 17.8 Å². The molecule has 3 fully saturated rings. The lowest BCUT2D eigenvalue weighted by Gasteiger charge is -2.76. The Balaban J connectivity index is 1.34. The second-order valence-electron chi connectivity index (χ2n) is 8.04. The van der Waals surface area contributed by atoms with Crippen LogP contribution in [0.25, 0.3) is 22.8 Å².